The Hall–Kier alpha value is -1.43. The van der Waals surface area contributed by atoms with Crippen molar-refractivity contribution >= 4 is 34.8 Å². The molecule has 94 valence electrons. The zero-order chi connectivity index (χ0) is 13.0. The third-order valence-electron chi connectivity index (χ3n) is 2.23. The van der Waals surface area contributed by atoms with Crippen LogP contribution in [0.15, 0.2) is 24.3 Å². The van der Waals surface area contributed by atoms with Gasteiger partial charge in [0.15, 0.2) is 0 Å². The Labute approximate surface area is 114 Å². The number of aliphatic hydroxyl groups excluding tert-OH is 1. The third-order valence-corrected chi connectivity index (χ3v) is 2.56. The molecular weight excluding hydrogens is 275 g/mol. The second-order valence-electron chi connectivity index (χ2n) is 3.45. The summed E-state index contributed by atoms with van der Waals surface area (Å²) in [5, 5.41) is 12.0. The number of nitrogens with zero attached hydrogens (tertiary/aromatic N) is 3. The lowest BCUT2D eigenvalue weighted by molar-refractivity contribution is 0.300. The summed E-state index contributed by atoms with van der Waals surface area (Å²) >= 11 is 11.4. The highest BCUT2D eigenvalue weighted by Gasteiger charge is 2.06. The first kappa shape index (κ1) is 13.0. The number of halogens is 2. The largest absolute Gasteiger partial charge is 0.396 e. The molecule has 0 saturated heterocycles. The van der Waals surface area contributed by atoms with Crippen LogP contribution in [0.25, 0.3) is 0 Å². The molecule has 0 atom stereocenters. The van der Waals surface area contributed by atoms with E-state index in [0.717, 1.165) is 11.3 Å². The van der Waals surface area contributed by atoms with Gasteiger partial charge in [-0.25, -0.2) is 0 Å². The van der Waals surface area contributed by atoms with Crippen LogP contribution in [0.3, 0.4) is 0 Å². The zero-order valence-electron chi connectivity index (χ0n) is 9.27. The monoisotopic (exact) mass is 284 g/mol. The molecule has 7 heteroatoms. The van der Waals surface area contributed by atoms with Crippen LogP contribution < -0.4 is 5.32 Å². The molecule has 0 spiro atoms. The van der Waals surface area contributed by atoms with Crippen molar-refractivity contribution < 1.29 is 5.11 Å². The fraction of sp³-hybridized carbons (Fsp3) is 0.182. The zero-order valence-corrected chi connectivity index (χ0v) is 10.8. The fourth-order valence-corrected chi connectivity index (χ4v) is 1.85. The maximum absolute atomic E-state index is 8.99. The molecule has 5 nitrogen and oxygen atoms in total. The molecule has 0 saturated carbocycles. The molecular formula is C11H10Cl2N4O. The van der Waals surface area contributed by atoms with Crippen molar-refractivity contribution in [1.29, 1.82) is 0 Å². The molecule has 18 heavy (non-hydrogen) atoms. The first-order chi connectivity index (χ1) is 8.69. The highest BCUT2D eigenvalue weighted by molar-refractivity contribution is 6.31. The smallest absolute Gasteiger partial charge is 0.232 e. The van der Waals surface area contributed by atoms with Gasteiger partial charge in [-0.05, 0) is 41.3 Å². The SMILES string of the molecule is OCCc1ccccc1Nc1nc(Cl)nc(Cl)n1. The van der Waals surface area contributed by atoms with Gasteiger partial charge in [0.1, 0.15) is 0 Å². The Balaban J connectivity index is 2.27. The van der Waals surface area contributed by atoms with Crippen molar-refractivity contribution in [3.8, 4) is 0 Å². The van der Waals surface area contributed by atoms with E-state index in [2.05, 4.69) is 20.3 Å². The van der Waals surface area contributed by atoms with Gasteiger partial charge in [0.25, 0.3) is 0 Å². The summed E-state index contributed by atoms with van der Waals surface area (Å²) in [6.45, 7) is 0.0669. The van der Waals surface area contributed by atoms with Gasteiger partial charge < -0.3 is 10.4 Å². The van der Waals surface area contributed by atoms with Gasteiger partial charge in [0.2, 0.25) is 16.5 Å². The van der Waals surface area contributed by atoms with Crippen molar-refractivity contribution in [2.24, 2.45) is 0 Å². The van der Waals surface area contributed by atoms with Crippen LogP contribution in [-0.4, -0.2) is 26.7 Å². The Morgan fingerprint density at radius 3 is 2.39 bits per heavy atom. The highest BCUT2D eigenvalue weighted by Crippen LogP contribution is 2.20. The number of hydrogen-bond acceptors (Lipinski definition) is 5. The van der Waals surface area contributed by atoms with Crippen molar-refractivity contribution in [2.45, 2.75) is 6.42 Å². The minimum Gasteiger partial charge on any atom is -0.396 e. The molecule has 0 fully saturated rings. The molecule has 0 aliphatic heterocycles. The normalized spacial score (nSPS) is 10.4. The fourth-order valence-electron chi connectivity index (χ4n) is 1.48. The highest BCUT2D eigenvalue weighted by atomic mass is 35.5. The summed E-state index contributed by atoms with van der Waals surface area (Å²) in [4.78, 5) is 11.5. The summed E-state index contributed by atoms with van der Waals surface area (Å²) < 4.78 is 0. The molecule has 0 unspecified atom stereocenters. The van der Waals surface area contributed by atoms with Crippen LogP contribution in [0.1, 0.15) is 5.56 Å². The van der Waals surface area contributed by atoms with E-state index in [1.165, 1.54) is 0 Å². The number of aliphatic hydroxyl groups is 1. The van der Waals surface area contributed by atoms with Gasteiger partial charge >= 0.3 is 0 Å². The molecule has 0 aliphatic rings. The lowest BCUT2D eigenvalue weighted by Gasteiger charge is -2.09. The van der Waals surface area contributed by atoms with Crippen LogP contribution in [-0.2, 0) is 6.42 Å². The van der Waals surface area contributed by atoms with E-state index >= 15 is 0 Å². The predicted octanol–water partition coefficient (Wildman–Crippen LogP) is 2.46. The third kappa shape index (κ3) is 3.29. The second-order valence-corrected chi connectivity index (χ2v) is 4.13. The number of aromatic nitrogens is 3. The van der Waals surface area contributed by atoms with Gasteiger partial charge in [-0.3, -0.25) is 0 Å². The van der Waals surface area contributed by atoms with Crippen molar-refractivity contribution in [2.75, 3.05) is 11.9 Å². The Morgan fingerprint density at radius 2 is 1.72 bits per heavy atom. The summed E-state index contributed by atoms with van der Waals surface area (Å²) in [7, 11) is 0. The molecule has 2 aromatic rings. The number of hydrogen-bond donors (Lipinski definition) is 2. The molecule has 1 aromatic heterocycles. The van der Waals surface area contributed by atoms with Crippen LogP contribution in [0.4, 0.5) is 11.6 Å². The minimum absolute atomic E-state index is 0.0251. The number of nitrogens with one attached hydrogen (secondary N) is 1. The Bertz CT molecular complexity index is 530. The maximum atomic E-state index is 8.99. The molecule has 0 bridgehead atoms. The lowest BCUT2D eigenvalue weighted by atomic mass is 10.1. The molecule has 2 N–H and O–H groups in total. The van der Waals surface area contributed by atoms with Gasteiger partial charge in [0, 0.05) is 12.3 Å². The van der Waals surface area contributed by atoms with Crippen molar-refractivity contribution in [1.82, 2.24) is 15.0 Å². The van der Waals surface area contributed by atoms with E-state index < -0.39 is 0 Å². The molecule has 1 aromatic carbocycles. The maximum Gasteiger partial charge on any atom is 0.232 e. The molecule has 0 radical (unpaired) electrons. The molecule has 2 rings (SSSR count). The van der Waals surface area contributed by atoms with E-state index in [-0.39, 0.29) is 23.1 Å². The Morgan fingerprint density at radius 1 is 1.06 bits per heavy atom. The number of para-hydroxylation sites is 1. The molecule has 0 amide bonds. The quantitative estimate of drug-likeness (QED) is 0.903. The van der Waals surface area contributed by atoms with Crippen molar-refractivity contribution in [3.63, 3.8) is 0 Å². The molecule has 1 heterocycles. The first-order valence-electron chi connectivity index (χ1n) is 5.22. The number of benzene rings is 1. The van der Waals surface area contributed by atoms with E-state index in [1.54, 1.807) is 0 Å². The van der Waals surface area contributed by atoms with Crippen LogP contribution in [0, 0.1) is 0 Å². The summed E-state index contributed by atoms with van der Waals surface area (Å²) in [5.74, 6) is 0.269. The van der Waals surface area contributed by atoms with E-state index in [1.807, 2.05) is 24.3 Å². The number of rotatable bonds is 4. The van der Waals surface area contributed by atoms with Crippen molar-refractivity contribution in [3.05, 3.63) is 40.4 Å². The standard InChI is InChI=1S/C11H10Cl2N4O/c12-9-15-10(13)17-11(16-9)14-8-4-2-1-3-7(8)5-6-18/h1-4,18H,5-6H2,(H,14,15,16,17). The summed E-state index contributed by atoms with van der Waals surface area (Å²) in [6, 6.07) is 7.52. The summed E-state index contributed by atoms with van der Waals surface area (Å²) in [5.41, 5.74) is 1.75. The van der Waals surface area contributed by atoms with E-state index in [9.17, 15) is 0 Å². The van der Waals surface area contributed by atoms with Crippen LogP contribution in [0.5, 0.6) is 0 Å². The average molecular weight is 285 g/mol. The minimum atomic E-state index is 0.0251. The van der Waals surface area contributed by atoms with Gasteiger partial charge in [-0.2, -0.15) is 15.0 Å². The van der Waals surface area contributed by atoms with E-state index in [4.69, 9.17) is 28.3 Å². The van der Waals surface area contributed by atoms with Gasteiger partial charge in [-0.1, -0.05) is 18.2 Å². The van der Waals surface area contributed by atoms with E-state index in [0.29, 0.717) is 6.42 Å². The Kier molecular flexibility index (Phi) is 4.30. The van der Waals surface area contributed by atoms with Gasteiger partial charge in [0.05, 0.1) is 0 Å². The molecule has 0 aliphatic carbocycles. The topological polar surface area (TPSA) is 70.9 Å². The summed E-state index contributed by atoms with van der Waals surface area (Å²) in [6.07, 6.45) is 0.537. The number of anilines is 2. The second kappa shape index (κ2) is 5.95. The predicted molar refractivity (Wildman–Crippen MR) is 70.4 cm³/mol. The first-order valence-corrected chi connectivity index (χ1v) is 5.97. The van der Waals surface area contributed by atoms with Gasteiger partial charge in [-0.15, -0.1) is 0 Å². The lowest BCUT2D eigenvalue weighted by Crippen LogP contribution is -2.03. The van der Waals surface area contributed by atoms with Crippen LogP contribution in [0.2, 0.25) is 10.6 Å². The average Bonchev–Trinajstić information content (AvgIpc) is 2.30. The van der Waals surface area contributed by atoms with Crippen LogP contribution >= 0.6 is 23.2 Å².